The van der Waals surface area contributed by atoms with Crippen molar-refractivity contribution in [1.29, 1.82) is 0 Å². The molecule has 0 aliphatic heterocycles. The van der Waals surface area contributed by atoms with Crippen LogP contribution in [0.3, 0.4) is 0 Å². The van der Waals surface area contributed by atoms with E-state index < -0.39 is 0 Å². The van der Waals surface area contributed by atoms with Crippen LogP contribution in [0.25, 0.3) is 22.2 Å². The van der Waals surface area contributed by atoms with Crippen molar-refractivity contribution in [3.05, 3.63) is 124 Å². The number of rotatable bonds is 3. The normalized spacial score (nSPS) is 16.7. The summed E-state index contributed by atoms with van der Waals surface area (Å²) >= 11 is 0. The van der Waals surface area contributed by atoms with Crippen molar-refractivity contribution in [3.8, 4) is 11.3 Å². The van der Waals surface area contributed by atoms with Gasteiger partial charge in [-0.1, -0.05) is 48.5 Å². The molecule has 0 atom stereocenters. The van der Waals surface area contributed by atoms with E-state index in [0.29, 0.717) is 0 Å². The third kappa shape index (κ3) is 5.06. The summed E-state index contributed by atoms with van der Waals surface area (Å²) in [5.74, 6) is 1.36. The number of aromatic amines is 1. The van der Waals surface area contributed by atoms with Gasteiger partial charge in [0.2, 0.25) is 0 Å². The maximum absolute atomic E-state index is 3.59. The van der Waals surface area contributed by atoms with Crippen LogP contribution in [-0.4, -0.2) is 4.98 Å². The first-order chi connectivity index (χ1) is 12.9. The van der Waals surface area contributed by atoms with E-state index in [1.54, 1.807) is 0 Å². The summed E-state index contributed by atoms with van der Waals surface area (Å²) in [6.07, 6.45) is 19.5. The van der Waals surface area contributed by atoms with E-state index in [4.69, 9.17) is 0 Å². The second kappa shape index (κ2) is 10.2. The third-order valence-electron chi connectivity index (χ3n) is 4.54. The Hall–Kier alpha value is -1.50. The molecule has 1 nitrogen and oxygen atoms in total. The van der Waals surface area contributed by atoms with Gasteiger partial charge in [0.25, 0.3) is 0 Å². The smallest absolute Gasteiger partial charge is 0.354 e. The SMILES string of the molecule is [CH]1[CH][CH][CH][CH]1.[CH]1[CH][CH][C](Cc2c(-c3ccccc3)[nH]c3ccccc23)[CH]1.[Fe+2]. The van der Waals surface area contributed by atoms with Gasteiger partial charge in [0, 0.05) is 16.6 Å². The number of fused-ring (bicyclic) bond motifs is 1. The first kappa shape index (κ1) is 20.2. The third-order valence-corrected chi connectivity index (χ3v) is 4.54. The molecule has 0 spiro atoms. The van der Waals surface area contributed by atoms with E-state index in [1.807, 2.05) is 32.1 Å². The topological polar surface area (TPSA) is 15.8 Å². The molecule has 0 saturated heterocycles. The zero-order valence-corrected chi connectivity index (χ0v) is 16.1. The molecule has 0 bridgehead atoms. The number of para-hydroxylation sites is 1. The van der Waals surface area contributed by atoms with Crippen molar-refractivity contribution < 1.29 is 17.1 Å². The second-order valence-corrected chi connectivity index (χ2v) is 6.32. The van der Waals surface area contributed by atoms with Gasteiger partial charge in [-0.05, 0) is 87.3 Å². The fourth-order valence-electron chi connectivity index (χ4n) is 3.29. The molecule has 5 rings (SSSR count). The molecule has 3 aromatic rings. The van der Waals surface area contributed by atoms with Crippen LogP contribution < -0.4 is 0 Å². The Bertz CT molecular complexity index is 803. The largest absolute Gasteiger partial charge is 2.00 e. The molecular weight excluding hydrogens is 370 g/mol. The second-order valence-electron chi connectivity index (χ2n) is 6.32. The van der Waals surface area contributed by atoms with Crippen LogP contribution in [0.2, 0.25) is 0 Å². The van der Waals surface area contributed by atoms with E-state index in [1.165, 1.54) is 33.6 Å². The monoisotopic (exact) mass is 391 g/mol. The van der Waals surface area contributed by atoms with E-state index in [2.05, 4.69) is 85.3 Å². The van der Waals surface area contributed by atoms with Crippen LogP contribution in [0.1, 0.15) is 5.56 Å². The summed E-state index contributed by atoms with van der Waals surface area (Å²) in [7, 11) is 0. The Labute approximate surface area is 174 Å². The summed E-state index contributed by atoms with van der Waals surface area (Å²) in [4.78, 5) is 3.59. The van der Waals surface area contributed by atoms with Crippen molar-refractivity contribution >= 4 is 10.9 Å². The predicted molar refractivity (Wildman–Crippen MR) is 109 cm³/mol. The van der Waals surface area contributed by atoms with Crippen LogP contribution in [0.4, 0.5) is 0 Å². The van der Waals surface area contributed by atoms with Crippen LogP contribution in [-0.2, 0) is 23.5 Å². The van der Waals surface area contributed by atoms with Crippen molar-refractivity contribution in [3.63, 3.8) is 0 Å². The molecule has 1 heterocycles. The van der Waals surface area contributed by atoms with Gasteiger partial charge in [-0.2, -0.15) is 0 Å². The number of benzene rings is 2. The number of aromatic nitrogens is 1. The number of hydrogen-bond acceptors (Lipinski definition) is 0. The van der Waals surface area contributed by atoms with Crippen LogP contribution in [0, 0.1) is 63.7 Å². The molecular formula is C25H21FeN+2. The van der Waals surface area contributed by atoms with Gasteiger partial charge in [-0.25, -0.2) is 0 Å². The zero-order chi connectivity index (χ0) is 17.6. The molecule has 27 heavy (non-hydrogen) atoms. The summed E-state index contributed by atoms with van der Waals surface area (Å²) < 4.78 is 0. The zero-order valence-electron chi connectivity index (χ0n) is 15.0. The van der Waals surface area contributed by atoms with Gasteiger partial charge in [0.15, 0.2) is 0 Å². The van der Waals surface area contributed by atoms with Gasteiger partial charge in [-0.15, -0.1) is 0 Å². The first-order valence-electron chi connectivity index (χ1n) is 8.94. The van der Waals surface area contributed by atoms with Crippen molar-refractivity contribution in [2.45, 2.75) is 6.42 Å². The average Bonchev–Trinajstić information content (AvgIpc) is 3.47. The van der Waals surface area contributed by atoms with Crippen molar-refractivity contribution in [2.75, 3.05) is 0 Å². The van der Waals surface area contributed by atoms with Crippen molar-refractivity contribution in [2.24, 2.45) is 0 Å². The minimum Gasteiger partial charge on any atom is -0.354 e. The molecule has 2 fully saturated rings. The minimum absolute atomic E-state index is 0. The van der Waals surface area contributed by atoms with E-state index >= 15 is 0 Å². The fourth-order valence-corrected chi connectivity index (χ4v) is 3.29. The Morgan fingerprint density at radius 1 is 0.630 bits per heavy atom. The Kier molecular flexibility index (Phi) is 7.61. The van der Waals surface area contributed by atoms with E-state index in [-0.39, 0.29) is 17.1 Å². The molecule has 132 valence electrons. The fraction of sp³-hybridized carbons (Fsp3) is 0.0400. The summed E-state index contributed by atoms with van der Waals surface area (Å²) in [6, 6.07) is 19.1. The molecule has 2 aliphatic carbocycles. The Balaban J connectivity index is 0.000000306. The van der Waals surface area contributed by atoms with Gasteiger partial charge in [0.05, 0.1) is 0 Å². The number of hydrogen-bond donors (Lipinski definition) is 1. The Morgan fingerprint density at radius 3 is 1.89 bits per heavy atom. The Morgan fingerprint density at radius 2 is 1.22 bits per heavy atom. The molecule has 0 amide bonds. The summed E-state index contributed by atoms with van der Waals surface area (Å²) in [6.45, 7) is 0. The molecule has 10 radical (unpaired) electrons. The maximum atomic E-state index is 3.59. The van der Waals surface area contributed by atoms with Gasteiger partial charge in [-0.3, -0.25) is 0 Å². The standard InChI is InChI=1S/C20H16N.C5H5.Fe/c1-2-10-16(11-3-1)20-18(14-15-8-4-5-9-15)17-12-6-7-13-19(17)21-20;1-2-4-5-3-1;/h1-13,21H,14H2;1-5H;/q;;+2. The number of H-pyrrole nitrogens is 1. The van der Waals surface area contributed by atoms with Crippen LogP contribution >= 0.6 is 0 Å². The quantitative estimate of drug-likeness (QED) is 0.543. The average molecular weight is 391 g/mol. The van der Waals surface area contributed by atoms with Crippen LogP contribution in [0.15, 0.2) is 54.6 Å². The van der Waals surface area contributed by atoms with Gasteiger partial charge >= 0.3 is 17.1 Å². The molecule has 1 aromatic heterocycles. The van der Waals surface area contributed by atoms with Gasteiger partial charge in [0.1, 0.15) is 0 Å². The summed E-state index contributed by atoms with van der Waals surface area (Å²) in [5, 5.41) is 1.32. The minimum atomic E-state index is 0. The van der Waals surface area contributed by atoms with Crippen LogP contribution in [0.5, 0.6) is 0 Å². The first-order valence-corrected chi connectivity index (χ1v) is 8.94. The summed E-state index contributed by atoms with van der Waals surface area (Å²) in [5.41, 5.74) is 5.06. The van der Waals surface area contributed by atoms with Crippen molar-refractivity contribution in [1.82, 2.24) is 4.98 Å². The van der Waals surface area contributed by atoms with E-state index in [0.717, 1.165) is 6.42 Å². The molecule has 2 aromatic carbocycles. The van der Waals surface area contributed by atoms with Gasteiger partial charge < -0.3 is 4.98 Å². The maximum Gasteiger partial charge on any atom is 2.00 e. The molecule has 0 unspecified atom stereocenters. The predicted octanol–water partition coefficient (Wildman–Crippen LogP) is 5.80. The van der Waals surface area contributed by atoms with E-state index in [9.17, 15) is 0 Å². The number of nitrogens with one attached hydrogen (secondary N) is 1. The molecule has 2 heteroatoms. The molecule has 2 saturated carbocycles. The molecule has 2 aliphatic rings. The molecule has 1 N–H and O–H groups in total.